The number of hydrogen-bond donors (Lipinski definition) is 1. The average molecular weight is 211 g/mol. The first-order chi connectivity index (χ1) is 7.33. The number of hydrogen-bond acceptors (Lipinski definition) is 3. The summed E-state index contributed by atoms with van der Waals surface area (Å²) < 4.78 is 7.30. The summed E-state index contributed by atoms with van der Waals surface area (Å²) in [5, 5.41) is 7.68. The highest BCUT2D eigenvalue weighted by molar-refractivity contribution is 5.24. The molecule has 0 radical (unpaired) electrons. The molecule has 0 spiro atoms. The minimum atomic E-state index is 0.830. The van der Waals surface area contributed by atoms with Crippen molar-refractivity contribution >= 4 is 0 Å². The van der Waals surface area contributed by atoms with Crippen LogP contribution in [0.15, 0.2) is 6.20 Å². The van der Waals surface area contributed by atoms with E-state index in [0.717, 1.165) is 43.9 Å². The largest absolute Gasteiger partial charge is 0.493 e. The predicted octanol–water partition coefficient (Wildman–Crippen LogP) is 1.80. The molecule has 0 saturated carbocycles. The highest BCUT2D eigenvalue weighted by Crippen LogP contribution is 2.17. The minimum absolute atomic E-state index is 0.830. The maximum absolute atomic E-state index is 5.28. The van der Waals surface area contributed by atoms with Gasteiger partial charge < -0.3 is 10.1 Å². The molecule has 0 atom stereocenters. The monoisotopic (exact) mass is 211 g/mol. The lowest BCUT2D eigenvalue weighted by Crippen LogP contribution is -2.18. The van der Waals surface area contributed by atoms with Gasteiger partial charge in [0.05, 0.1) is 19.0 Å². The second-order valence-corrected chi connectivity index (χ2v) is 3.56. The summed E-state index contributed by atoms with van der Waals surface area (Å²) in [6.45, 7) is 7.12. The van der Waals surface area contributed by atoms with Crippen LogP contribution in [0.1, 0.15) is 32.4 Å². The molecule has 1 aromatic heterocycles. The van der Waals surface area contributed by atoms with Crippen LogP contribution in [-0.2, 0) is 13.1 Å². The number of rotatable bonds is 7. The van der Waals surface area contributed by atoms with Gasteiger partial charge in [0.15, 0.2) is 5.75 Å². The molecular formula is C11H21N3O. The molecule has 1 aromatic rings. The zero-order valence-corrected chi connectivity index (χ0v) is 9.92. The molecule has 0 aromatic carbocycles. The third kappa shape index (κ3) is 3.23. The SMILES string of the molecule is CCCNCc1c(OC)cnn1CCC. The van der Waals surface area contributed by atoms with Crippen LogP contribution in [0.25, 0.3) is 0 Å². The number of methoxy groups -OCH3 is 1. The number of nitrogens with one attached hydrogen (secondary N) is 1. The van der Waals surface area contributed by atoms with Gasteiger partial charge in [0.25, 0.3) is 0 Å². The Morgan fingerprint density at radius 1 is 1.40 bits per heavy atom. The van der Waals surface area contributed by atoms with E-state index in [9.17, 15) is 0 Å². The van der Waals surface area contributed by atoms with E-state index in [1.165, 1.54) is 0 Å². The highest BCUT2D eigenvalue weighted by Gasteiger charge is 2.09. The van der Waals surface area contributed by atoms with Crippen molar-refractivity contribution in [2.75, 3.05) is 13.7 Å². The van der Waals surface area contributed by atoms with Gasteiger partial charge >= 0.3 is 0 Å². The van der Waals surface area contributed by atoms with E-state index in [-0.39, 0.29) is 0 Å². The van der Waals surface area contributed by atoms with Crippen molar-refractivity contribution in [2.45, 2.75) is 39.8 Å². The zero-order chi connectivity index (χ0) is 11.1. The van der Waals surface area contributed by atoms with E-state index < -0.39 is 0 Å². The first-order valence-corrected chi connectivity index (χ1v) is 5.62. The van der Waals surface area contributed by atoms with Gasteiger partial charge in [-0.05, 0) is 19.4 Å². The van der Waals surface area contributed by atoms with E-state index in [1.807, 2.05) is 4.68 Å². The summed E-state index contributed by atoms with van der Waals surface area (Å²) in [4.78, 5) is 0. The fraction of sp³-hybridized carbons (Fsp3) is 0.727. The summed E-state index contributed by atoms with van der Waals surface area (Å²) in [6.07, 6.45) is 4.02. The van der Waals surface area contributed by atoms with Gasteiger partial charge in [-0.15, -0.1) is 0 Å². The summed E-state index contributed by atoms with van der Waals surface area (Å²) in [6, 6.07) is 0. The fourth-order valence-corrected chi connectivity index (χ4v) is 1.53. The van der Waals surface area contributed by atoms with Crippen LogP contribution in [0.2, 0.25) is 0 Å². The zero-order valence-electron chi connectivity index (χ0n) is 9.92. The van der Waals surface area contributed by atoms with E-state index in [2.05, 4.69) is 24.3 Å². The molecule has 86 valence electrons. The number of ether oxygens (including phenoxy) is 1. The van der Waals surface area contributed by atoms with Crippen molar-refractivity contribution in [3.8, 4) is 5.75 Å². The molecule has 0 bridgehead atoms. The third-order valence-corrected chi connectivity index (χ3v) is 2.28. The van der Waals surface area contributed by atoms with Gasteiger partial charge in [-0.25, -0.2) is 0 Å². The molecule has 1 N–H and O–H groups in total. The Balaban J connectivity index is 2.66. The van der Waals surface area contributed by atoms with Gasteiger partial charge in [0.2, 0.25) is 0 Å². The van der Waals surface area contributed by atoms with Gasteiger partial charge in [-0.1, -0.05) is 13.8 Å². The molecular weight excluding hydrogens is 190 g/mol. The second-order valence-electron chi connectivity index (χ2n) is 3.56. The van der Waals surface area contributed by atoms with Gasteiger partial charge in [-0.3, -0.25) is 4.68 Å². The van der Waals surface area contributed by atoms with E-state index >= 15 is 0 Å². The molecule has 1 heterocycles. The van der Waals surface area contributed by atoms with Crippen LogP contribution in [0, 0.1) is 0 Å². The number of aryl methyl sites for hydroxylation is 1. The topological polar surface area (TPSA) is 39.1 Å². The summed E-state index contributed by atoms with van der Waals surface area (Å²) in [5.41, 5.74) is 1.15. The van der Waals surface area contributed by atoms with Crippen molar-refractivity contribution in [1.29, 1.82) is 0 Å². The van der Waals surface area contributed by atoms with Crippen LogP contribution < -0.4 is 10.1 Å². The fourth-order valence-electron chi connectivity index (χ4n) is 1.53. The lowest BCUT2D eigenvalue weighted by Gasteiger charge is -2.08. The number of aromatic nitrogens is 2. The Morgan fingerprint density at radius 2 is 2.20 bits per heavy atom. The Hall–Kier alpha value is -1.03. The van der Waals surface area contributed by atoms with Crippen molar-refractivity contribution in [1.82, 2.24) is 15.1 Å². The van der Waals surface area contributed by atoms with Crippen molar-refractivity contribution < 1.29 is 4.74 Å². The Morgan fingerprint density at radius 3 is 2.80 bits per heavy atom. The predicted molar refractivity (Wildman–Crippen MR) is 61.1 cm³/mol. The maximum atomic E-state index is 5.28. The Bertz CT molecular complexity index is 283. The standard InChI is InChI=1S/C11H21N3O/c1-4-6-12-8-10-11(15-3)9-13-14(10)7-5-2/h9,12H,4-8H2,1-3H3. The minimum Gasteiger partial charge on any atom is -0.493 e. The van der Waals surface area contributed by atoms with Gasteiger partial charge in [0.1, 0.15) is 0 Å². The quantitative estimate of drug-likeness (QED) is 0.699. The molecule has 0 aliphatic heterocycles. The van der Waals surface area contributed by atoms with Crippen LogP contribution in [-0.4, -0.2) is 23.4 Å². The lowest BCUT2D eigenvalue weighted by atomic mass is 10.3. The average Bonchev–Trinajstić information content (AvgIpc) is 2.62. The molecule has 0 aliphatic carbocycles. The van der Waals surface area contributed by atoms with E-state index in [4.69, 9.17) is 4.74 Å². The molecule has 4 nitrogen and oxygen atoms in total. The number of nitrogens with zero attached hydrogens (tertiary/aromatic N) is 2. The molecule has 0 saturated heterocycles. The van der Waals surface area contributed by atoms with Crippen LogP contribution in [0.4, 0.5) is 0 Å². The van der Waals surface area contributed by atoms with E-state index in [1.54, 1.807) is 13.3 Å². The van der Waals surface area contributed by atoms with Crippen LogP contribution >= 0.6 is 0 Å². The molecule has 4 heteroatoms. The molecule has 0 unspecified atom stereocenters. The molecule has 0 aliphatic rings. The third-order valence-electron chi connectivity index (χ3n) is 2.28. The maximum Gasteiger partial charge on any atom is 0.161 e. The van der Waals surface area contributed by atoms with Gasteiger partial charge in [0, 0.05) is 13.1 Å². The highest BCUT2D eigenvalue weighted by atomic mass is 16.5. The van der Waals surface area contributed by atoms with Gasteiger partial charge in [-0.2, -0.15) is 5.10 Å². The Labute approximate surface area is 91.6 Å². The van der Waals surface area contributed by atoms with E-state index in [0.29, 0.717) is 0 Å². The summed E-state index contributed by atoms with van der Waals surface area (Å²) >= 11 is 0. The summed E-state index contributed by atoms with van der Waals surface area (Å²) in [5.74, 6) is 0.882. The smallest absolute Gasteiger partial charge is 0.161 e. The molecule has 1 rings (SSSR count). The second kappa shape index (κ2) is 6.45. The molecule has 0 amide bonds. The van der Waals surface area contributed by atoms with Crippen molar-refractivity contribution in [2.24, 2.45) is 0 Å². The molecule has 0 fully saturated rings. The molecule has 15 heavy (non-hydrogen) atoms. The van der Waals surface area contributed by atoms with Crippen LogP contribution in [0.5, 0.6) is 5.75 Å². The first-order valence-electron chi connectivity index (χ1n) is 5.62. The summed E-state index contributed by atoms with van der Waals surface area (Å²) in [7, 11) is 1.69. The normalized spacial score (nSPS) is 10.6. The van der Waals surface area contributed by atoms with Crippen LogP contribution in [0.3, 0.4) is 0 Å². The lowest BCUT2D eigenvalue weighted by molar-refractivity contribution is 0.403. The Kier molecular flexibility index (Phi) is 5.18. The first kappa shape index (κ1) is 12.0. The van der Waals surface area contributed by atoms with Crippen molar-refractivity contribution in [3.05, 3.63) is 11.9 Å². The van der Waals surface area contributed by atoms with Crippen molar-refractivity contribution in [3.63, 3.8) is 0 Å².